The maximum absolute atomic E-state index is 11.9. The summed E-state index contributed by atoms with van der Waals surface area (Å²) in [7, 11) is 0. The number of carbonyl (C=O) groups excluding carboxylic acids is 1. The first-order chi connectivity index (χ1) is 8.66. The van der Waals surface area contributed by atoms with Crippen molar-refractivity contribution in [2.75, 3.05) is 12.3 Å². The van der Waals surface area contributed by atoms with Gasteiger partial charge in [0.2, 0.25) is 0 Å². The van der Waals surface area contributed by atoms with Crippen molar-refractivity contribution >= 4 is 23.2 Å². The zero-order valence-corrected chi connectivity index (χ0v) is 10.4. The van der Waals surface area contributed by atoms with Crippen LogP contribution in [0.15, 0.2) is 30.7 Å². The molecule has 0 saturated carbocycles. The van der Waals surface area contributed by atoms with Gasteiger partial charge in [0, 0.05) is 35.6 Å². The highest BCUT2D eigenvalue weighted by molar-refractivity contribution is 6.31. The number of nitrogens with zero attached hydrogens (tertiary/aromatic N) is 1. The number of amides is 1. The lowest BCUT2D eigenvalue weighted by Gasteiger charge is -2.07. The Kier molecular flexibility index (Phi) is 3.84. The average Bonchev–Trinajstić information content (AvgIpc) is 2.85. The molecule has 1 heterocycles. The van der Waals surface area contributed by atoms with Gasteiger partial charge >= 0.3 is 0 Å². The first-order valence-corrected chi connectivity index (χ1v) is 5.85. The van der Waals surface area contributed by atoms with Crippen LogP contribution in [0.25, 0.3) is 0 Å². The molecule has 0 spiro atoms. The summed E-state index contributed by atoms with van der Waals surface area (Å²) in [6.45, 7) is 0.507. The van der Waals surface area contributed by atoms with Crippen LogP contribution in [0, 0.1) is 0 Å². The highest BCUT2D eigenvalue weighted by Gasteiger charge is 2.09. The van der Waals surface area contributed by atoms with E-state index in [2.05, 4.69) is 15.3 Å². The van der Waals surface area contributed by atoms with Gasteiger partial charge in [0.05, 0.1) is 11.9 Å². The third kappa shape index (κ3) is 3.01. The minimum atomic E-state index is -0.227. The molecule has 6 heteroatoms. The van der Waals surface area contributed by atoms with Crippen LogP contribution in [0.2, 0.25) is 5.02 Å². The van der Waals surface area contributed by atoms with Crippen molar-refractivity contribution in [1.29, 1.82) is 0 Å². The number of benzene rings is 1. The van der Waals surface area contributed by atoms with E-state index in [1.807, 2.05) is 0 Å². The van der Waals surface area contributed by atoms with Crippen molar-refractivity contribution in [2.45, 2.75) is 6.42 Å². The molecule has 1 aromatic carbocycles. The largest absolute Gasteiger partial charge is 0.398 e. The van der Waals surface area contributed by atoms with Gasteiger partial charge in [-0.15, -0.1) is 0 Å². The normalized spacial score (nSPS) is 10.3. The minimum absolute atomic E-state index is 0.227. The second kappa shape index (κ2) is 5.55. The zero-order valence-electron chi connectivity index (χ0n) is 9.61. The molecule has 4 N–H and O–H groups in total. The number of hydrogen-bond donors (Lipinski definition) is 3. The number of rotatable bonds is 4. The van der Waals surface area contributed by atoms with E-state index in [0.717, 1.165) is 5.69 Å². The first-order valence-electron chi connectivity index (χ1n) is 5.47. The monoisotopic (exact) mass is 264 g/mol. The molecule has 0 aliphatic heterocycles. The van der Waals surface area contributed by atoms with E-state index in [1.165, 1.54) is 0 Å². The standard InChI is InChI=1S/C12H13ClN4O/c13-8-1-2-11(14)10(5-8)12(18)16-4-3-9-6-15-7-17-9/h1-2,5-7H,3-4,14H2,(H,15,17)(H,16,18). The fourth-order valence-corrected chi connectivity index (χ4v) is 1.72. The molecular weight excluding hydrogens is 252 g/mol. The van der Waals surface area contributed by atoms with E-state index in [0.29, 0.717) is 29.2 Å². The van der Waals surface area contributed by atoms with Gasteiger partial charge in [-0.1, -0.05) is 11.6 Å². The molecule has 5 nitrogen and oxygen atoms in total. The number of nitrogens with two attached hydrogens (primary N) is 1. The Bertz CT molecular complexity index is 539. The summed E-state index contributed by atoms with van der Waals surface area (Å²) in [5.74, 6) is -0.227. The number of H-pyrrole nitrogens is 1. The van der Waals surface area contributed by atoms with Crippen molar-refractivity contribution in [3.8, 4) is 0 Å². The molecule has 2 aromatic rings. The Morgan fingerprint density at radius 3 is 3.06 bits per heavy atom. The molecular formula is C12H13ClN4O. The van der Waals surface area contributed by atoms with Gasteiger partial charge in [-0.3, -0.25) is 4.79 Å². The van der Waals surface area contributed by atoms with Gasteiger partial charge in [-0.25, -0.2) is 4.98 Å². The maximum atomic E-state index is 11.9. The van der Waals surface area contributed by atoms with Crippen LogP contribution in [0.3, 0.4) is 0 Å². The van der Waals surface area contributed by atoms with Crippen molar-refractivity contribution in [3.05, 3.63) is 47.0 Å². The van der Waals surface area contributed by atoms with Crippen molar-refractivity contribution in [1.82, 2.24) is 15.3 Å². The van der Waals surface area contributed by atoms with E-state index < -0.39 is 0 Å². The summed E-state index contributed by atoms with van der Waals surface area (Å²) >= 11 is 5.83. The topological polar surface area (TPSA) is 83.8 Å². The summed E-state index contributed by atoms with van der Waals surface area (Å²) in [6, 6.07) is 4.83. The zero-order chi connectivity index (χ0) is 13.0. The second-order valence-corrected chi connectivity index (χ2v) is 4.25. The number of hydrogen-bond acceptors (Lipinski definition) is 3. The molecule has 1 aromatic heterocycles. The van der Waals surface area contributed by atoms with Crippen LogP contribution in [0.5, 0.6) is 0 Å². The smallest absolute Gasteiger partial charge is 0.253 e. The molecule has 18 heavy (non-hydrogen) atoms. The number of nitrogens with one attached hydrogen (secondary N) is 2. The number of nitrogen functional groups attached to an aromatic ring is 1. The van der Waals surface area contributed by atoms with E-state index in [1.54, 1.807) is 30.7 Å². The number of carbonyl (C=O) groups is 1. The van der Waals surface area contributed by atoms with E-state index in [9.17, 15) is 4.79 Å². The molecule has 94 valence electrons. The van der Waals surface area contributed by atoms with Gasteiger partial charge in [0.25, 0.3) is 5.91 Å². The van der Waals surface area contributed by atoms with Crippen LogP contribution >= 0.6 is 11.6 Å². The van der Waals surface area contributed by atoms with Gasteiger partial charge in [-0.2, -0.15) is 0 Å². The molecule has 0 bridgehead atoms. The van der Waals surface area contributed by atoms with Crippen molar-refractivity contribution in [2.24, 2.45) is 0 Å². The molecule has 0 radical (unpaired) electrons. The molecule has 0 atom stereocenters. The number of aromatic amines is 1. The van der Waals surface area contributed by atoms with Crippen LogP contribution in [-0.2, 0) is 6.42 Å². The first kappa shape index (κ1) is 12.4. The van der Waals surface area contributed by atoms with Crippen LogP contribution in [-0.4, -0.2) is 22.4 Å². The van der Waals surface area contributed by atoms with E-state index in [4.69, 9.17) is 17.3 Å². The van der Waals surface area contributed by atoms with E-state index in [-0.39, 0.29) is 5.91 Å². The lowest BCUT2D eigenvalue weighted by Crippen LogP contribution is -2.26. The quantitative estimate of drug-likeness (QED) is 0.734. The molecule has 0 aliphatic rings. The Morgan fingerprint density at radius 1 is 1.50 bits per heavy atom. The van der Waals surface area contributed by atoms with Crippen LogP contribution in [0.4, 0.5) is 5.69 Å². The molecule has 0 aliphatic carbocycles. The van der Waals surface area contributed by atoms with Crippen molar-refractivity contribution in [3.63, 3.8) is 0 Å². The van der Waals surface area contributed by atoms with Crippen LogP contribution < -0.4 is 11.1 Å². The fourth-order valence-electron chi connectivity index (χ4n) is 1.55. The Labute approximate surface area is 109 Å². The number of halogens is 1. The molecule has 1 amide bonds. The molecule has 0 unspecified atom stereocenters. The summed E-state index contributed by atoms with van der Waals surface area (Å²) in [4.78, 5) is 18.7. The Balaban J connectivity index is 1.93. The van der Waals surface area contributed by atoms with E-state index >= 15 is 0 Å². The third-order valence-corrected chi connectivity index (χ3v) is 2.73. The number of anilines is 1. The summed E-state index contributed by atoms with van der Waals surface area (Å²) in [5.41, 5.74) is 7.50. The van der Waals surface area contributed by atoms with Crippen LogP contribution in [0.1, 0.15) is 16.1 Å². The average molecular weight is 265 g/mol. The highest BCUT2D eigenvalue weighted by Crippen LogP contribution is 2.17. The lowest BCUT2D eigenvalue weighted by atomic mass is 10.1. The molecule has 0 fully saturated rings. The Hall–Kier alpha value is -2.01. The summed E-state index contributed by atoms with van der Waals surface area (Å²) < 4.78 is 0. The fraction of sp³-hybridized carbons (Fsp3) is 0.167. The predicted octanol–water partition coefficient (Wildman–Crippen LogP) is 1.62. The minimum Gasteiger partial charge on any atom is -0.398 e. The summed E-state index contributed by atoms with van der Waals surface area (Å²) in [5, 5.41) is 3.27. The second-order valence-electron chi connectivity index (χ2n) is 3.81. The third-order valence-electron chi connectivity index (χ3n) is 2.49. The van der Waals surface area contributed by atoms with Gasteiger partial charge in [0.1, 0.15) is 0 Å². The Morgan fingerprint density at radius 2 is 2.33 bits per heavy atom. The lowest BCUT2D eigenvalue weighted by molar-refractivity contribution is 0.0955. The van der Waals surface area contributed by atoms with Gasteiger partial charge in [-0.05, 0) is 18.2 Å². The van der Waals surface area contributed by atoms with Crippen molar-refractivity contribution < 1.29 is 4.79 Å². The SMILES string of the molecule is Nc1ccc(Cl)cc1C(=O)NCCc1cnc[nH]1. The number of imidazole rings is 1. The predicted molar refractivity (Wildman–Crippen MR) is 70.5 cm³/mol. The van der Waals surface area contributed by atoms with Gasteiger partial charge in [0.15, 0.2) is 0 Å². The molecule has 2 rings (SSSR count). The maximum Gasteiger partial charge on any atom is 0.253 e. The van der Waals surface area contributed by atoms with Gasteiger partial charge < -0.3 is 16.0 Å². The molecule has 0 saturated heterocycles. The summed E-state index contributed by atoms with van der Waals surface area (Å²) in [6.07, 6.45) is 4.01. The number of aromatic nitrogens is 2. The highest BCUT2D eigenvalue weighted by atomic mass is 35.5.